The monoisotopic (exact) mass is 259 g/mol. The van der Waals surface area contributed by atoms with Crippen LogP contribution in [0.2, 0.25) is 0 Å². The number of para-hydroxylation sites is 1. The number of ether oxygens (including phenoxy) is 1. The second kappa shape index (κ2) is 5.24. The molecule has 0 N–H and O–H groups in total. The smallest absolute Gasteiger partial charge is 0.309 e. The number of benzene rings is 1. The molecule has 3 heteroatoms. The predicted octanol–water partition coefficient (Wildman–Crippen LogP) is 2.71. The Bertz CT molecular complexity index is 445. The van der Waals surface area contributed by atoms with Crippen LogP contribution in [0.3, 0.4) is 0 Å². The van der Waals surface area contributed by atoms with Gasteiger partial charge in [-0.2, -0.15) is 0 Å². The number of hydrogen-bond acceptors (Lipinski definition) is 3. The van der Waals surface area contributed by atoms with Crippen LogP contribution in [0, 0.1) is 17.8 Å². The van der Waals surface area contributed by atoms with E-state index in [1.807, 2.05) is 6.07 Å². The van der Waals surface area contributed by atoms with Crippen LogP contribution in [0.15, 0.2) is 30.3 Å². The van der Waals surface area contributed by atoms with E-state index in [-0.39, 0.29) is 11.9 Å². The summed E-state index contributed by atoms with van der Waals surface area (Å²) in [5.41, 5.74) is 1.27. The molecule has 1 aromatic rings. The standard InChI is InChI=1S/C16H21NO2/c1-12-9-15(12)16(18)19-11-13-7-8-17(10-13)14-5-3-2-4-6-14/h2-6,12-13,15H,7-11H2,1H3/t12-,13-,15+/m1/s1. The van der Waals surface area contributed by atoms with E-state index >= 15 is 0 Å². The first-order chi connectivity index (χ1) is 9.24. The molecule has 19 heavy (non-hydrogen) atoms. The van der Waals surface area contributed by atoms with Crippen LogP contribution >= 0.6 is 0 Å². The van der Waals surface area contributed by atoms with Gasteiger partial charge in [0.15, 0.2) is 0 Å². The molecule has 0 spiro atoms. The zero-order valence-electron chi connectivity index (χ0n) is 11.4. The molecule has 3 rings (SSSR count). The first-order valence-corrected chi connectivity index (χ1v) is 7.20. The van der Waals surface area contributed by atoms with Gasteiger partial charge in [-0.3, -0.25) is 4.79 Å². The topological polar surface area (TPSA) is 29.5 Å². The van der Waals surface area contributed by atoms with Crippen LogP contribution in [0.1, 0.15) is 19.8 Å². The molecule has 3 nitrogen and oxygen atoms in total. The molecule has 0 amide bonds. The Balaban J connectivity index is 1.46. The number of carbonyl (C=O) groups is 1. The highest BCUT2D eigenvalue weighted by atomic mass is 16.5. The number of carbonyl (C=O) groups excluding carboxylic acids is 1. The van der Waals surface area contributed by atoms with Crippen LogP contribution in [0.25, 0.3) is 0 Å². The second-order valence-electron chi connectivity index (χ2n) is 5.89. The van der Waals surface area contributed by atoms with Gasteiger partial charge in [-0.25, -0.2) is 0 Å². The fourth-order valence-corrected chi connectivity index (χ4v) is 2.80. The summed E-state index contributed by atoms with van der Waals surface area (Å²) in [5.74, 6) is 1.23. The van der Waals surface area contributed by atoms with Crippen molar-refractivity contribution < 1.29 is 9.53 Å². The molecule has 0 radical (unpaired) electrons. The Labute approximate surface area is 114 Å². The van der Waals surface area contributed by atoms with E-state index in [0.29, 0.717) is 18.4 Å². The van der Waals surface area contributed by atoms with Crippen molar-refractivity contribution in [2.45, 2.75) is 19.8 Å². The third-order valence-corrected chi connectivity index (χ3v) is 4.28. The van der Waals surface area contributed by atoms with Crippen molar-refractivity contribution in [1.82, 2.24) is 0 Å². The van der Waals surface area contributed by atoms with Gasteiger partial charge in [0, 0.05) is 24.7 Å². The first-order valence-electron chi connectivity index (χ1n) is 7.20. The van der Waals surface area contributed by atoms with Crippen molar-refractivity contribution in [3.8, 4) is 0 Å². The first kappa shape index (κ1) is 12.5. The third-order valence-electron chi connectivity index (χ3n) is 4.28. The summed E-state index contributed by atoms with van der Waals surface area (Å²) in [6, 6.07) is 10.4. The average Bonchev–Trinajstić information content (AvgIpc) is 3.00. The molecule has 2 aliphatic rings. The Hall–Kier alpha value is -1.51. The molecule has 1 saturated carbocycles. The number of nitrogens with zero attached hydrogens (tertiary/aromatic N) is 1. The SMILES string of the molecule is C[C@@H]1C[C@@H]1C(=O)OC[C@@H]1CCN(c2ccccc2)C1. The Morgan fingerprint density at radius 3 is 2.79 bits per heavy atom. The van der Waals surface area contributed by atoms with Crippen LogP contribution < -0.4 is 4.90 Å². The predicted molar refractivity (Wildman–Crippen MR) is 75.0 cm³/mol. The molecule has 1 aromatic carbocycles. The summed E-state index contributed by atoms with van der Waals surface area (Å²) in [6.45, 7) is 4.76. The number of rotatable bonds is 4. The van der Waals surface area contributed by atoms with Gasteiger partial charge in [-0.1, -0.05) is 25.1 Å². The molecule has 2 fully saturated rings. The summed E-state index contributed by atoms with van der Waals surface area (Å²) in [7, 11) is 0. The fourth-order valence-electron chi connectivity index (χ4n) is 2.80. The molecular weight excluding hydrogens is 238 g/mol. The highest BCUT2D eigenvalue weighted by Crippen LogP contribution is 2.38. The second-order valence-corrected chi connectivity index (χ2v) is 5.89. The lowest BCUT2D eigenvalue weighted by atomic mass is 10.1. The minimum absolute atomic E-state index is 0.0191. The summed E-state index contributed by atoms with van der Waals surface area (Å²) in [6.07, 6.45) is 2.13. The van der Waals surface area contributed by atoms with Crippen molar-refractivity contribution in [2.24, 2.45) is 17.8 Å². The highest BCUT2D eigenvalue weighted by Gasteiger charge is 2.40. The molecule has 0 unspecified atom stereocenters. The summed E-state index contributed by atoms with van der Waals surface area (Å²) in [4.78, 5) is 14.1. The zero-order chi connectivity index (χ0) is 13.2. The van der Waals surface area contributed by atoms with Gasteiger partial charge in [-0.15, -0.1) is 0 Å². The lowest BCUT2D eigenvalue weighted by Crippen LogP contribution is -2.22. The number of anilines is 1. The van der Waals surface area contributed by atoms with Crippen molar-refractivity contribution in [1.29, 1.82) is 0 Å². The van der Waals surface area contributed by atoms with Gasteiger partial charge in [0.2, 0.25) is 0 Å². The minimum atomic E-state index is 0.0191. The normalized spacial score (nSPS) is 29.3. The van der Waals surface area contributed by atoms with Crippen LogP contribution in [-0.4, -0.2) is 25.7 Å². The number of esters is 1. The molecule has 1 saturated heterocycles. The maximum absolute atomic E-state index is 11.7. The van der Waals surface area contributed by atoms with Crippen LogP contribution in [0.4, 0.5) is 5.69 Å². The van der Waals surface area contributed by atoms with E-state index in [1.165, 1.54) is 5.69 Å². The van der Waals surface area contributed by atoms with Gasteiger partial charge in [0.05, 0.1) is 12.5 Å². The lowest BCUT2D eigenvalue weighted by Gasteiger charge is -2.18. The van der Waals surface area contributed by atoms with E-state index < -0.39 is 0 Å². The largest absolute Gasteiger partial charge is 0.465 e. The van der Waals surface area contributed by atoms with E-state index in [4.69, 9.17) is 4.74 Å². The van der Waals surface area contributed by atoms with Gasteiger partial charge < -0.3 is 9.64 Å². The molecule has 1 aliphatic heterocycles. The van der Waals surface area contributed by atoms with Crippen molar-refractivity contribution >= 4 is 11.7 Å². The van der Waals surface area contributed by atoms with Crippen molar-refractivity contribution in [2.75, 3.05) is 24.6 Å². The third kappa shape index (κ3) is 2.91. The molecule has 0 aromatic heterocycles. The molecule has 102 valence electrons. The fraction of sp³-hybridized carbons (Fsp3) is 0.562. The molecule has 1 aliphatic carbocycles. The highest BCUT2D eigenvalue weighted by molar-refractivity contribution is 5.75. The maximum atomic E-state index is 11.7. The maximum Gasteiger partial charge on any atom is 0.309 e. The summed E-state index contributed by atoms with van der Waals surface area (Å²) < 4.78 is 5.44. The van der Waals surface area contributed by atoms with E-state index in [1.54, 1.807) is 0 Å². The van der Waals surface area contributed by atoms with Gasteiger partial charge in [0.1, 0.15) is 0 Å². The van der Waals surface area contributed by atoms with E-state index in [0.717, 1.165) is 25.9 Å². The quantitative estimate of drug-likeness (QED) is 0.779. The average molecular weight is 259 g/mol. The number of hydrogen-bond donors (Lipinski definition) is 0. The Morgan fingerprint density at radius 1 is 1.37 bits per heavy atom. The molecular formula is C16H21NO2. The van der Waals surface area contributed by atoms with Crippen molar-refractivity contribution in [3.63, 3.8) is 0 Å². The molecule has 3 atom stereocenters. The van der Waals surface area contributed by atoms with Crippen molar-refractivity contribution in [3.05, 3.63) is 30.3 Å². The van der Waals surface area contributed by atoms with E-state index in [9.17, 15) is 4.79 Å². The summed E-state index contributed by atoms with van der Waals surface area (Å²) >= 11 is 0. The zero-order valence-corrected chi connectivity index (χ0v) is 11.4. The molecule has 1 heterocycles. The molecule has 0 bridgehead atoms. The van der Waals surface area contributed by atoms with Crippen LogP contribution in [-0.2, 0) is 9.53 Å². The minimum Gasteiger partial charge on any atom is -0.465 e. The summed E-state index contributed by atoms with van der Waals surface area (Å²) in [5, 5.41) is 0. The van der Waals surface area contributed by atoms with Gasteiger partial charge in [0.25, 0.3) is 0 Å². The van der Waals surface area contributed by atoms with Crippen LogP contribution in [0.5, 0.6) is 0 Å². The van der Waals surface area contributed by atoms with Gasteiger partial charge in [-0.05, 0) is 30.9 Å². The van der Waals surface area contributed by atoms with E-state index in [2.05, 4.69) is 36.1 Å². The Morgan fingerprint density at radius 2 is 2.11 bits per heavy atom. The lowest BCUT2D eigenvalue weighted by molar-refractivity contribution is -0.146. The Kier molecular flexibility index (Phi) is 3.45. The van der Waals surface area contributed by atoms with Gasteiger partial charge >= 0.3 is 5.97 Å².